The average Bonchev–Trinajstić information content (AvgIpc) is 3.27. The molecule has 2 aromatic carbocycles. The van der Waals surface area contributed by atoms with Gasteiger partial charge in [0.2, 0.25) is 11.9 Å². The first-order chi connectivity index (χ1) is 13.6. The predicted molar refractivity (Wildman–Crippen MR) is 108 cm³/mol. The van der Waals surface area contributed by atoms with Gasteiger partial charge in [0.1, 0.15) is 11.8 Å². The van der Waals surface area contributed by atoms with Crippen LogP contribution in [0.1, 0.15) is 18.9 Å². The molecule has 0 spiro atoms. The number of anilines is 2. The zero-order valence-electron chi connectivity index (χ0n) is 15.6. The van der Waals surface area contributed by atoms with Crippen molar-refractivity contribution in [3.8, 4) is 5.75 Å². The molecular formula is C21H22N4O3. The average molecular weight is 378 g/mol. The topological polar surface area (TPSA) is 83.0 Å². The van der Waals surface area contributed by atoms with Crippen LogP contribution in [0.4, 0.5) is 11.4 Å². The van der Waals surface area contributed by atoms with Gasteiger partial charge in [0, 0.05) is 17.9 Å². The van der Waals surface area contributed by atoms with Gasteiger partial charge in [0.15, 0.2) is 0 Å². The SMILES string of the molecule is CCOc1ccc(NC(=O)C[C@@H]2N=C(N3CCc4ccccc43)NC2=O)cc1. The van der Waals surface area contributed by atoms with Crippen LogP contribution < -0.4 is 20.3 Å². The number of hydrogen-bond donors (Lipinski definition) is 2. The Morgan fingerprint density at radius 1 is 1.25 bits per heavy atom. The first kappa shape index (κ1) is 18.0. The summed E-state index contributed by atoms with van der Waals surface area (Å²) >= 11 is 0. The Balaban J connectivity index is 1.39. The molecule has 2 amide bonds. The molecule has 0 fully saturated rings. The van der Waals surface area contributed by atoms with Crippen LogP contribution in [0.3, 0.4) is 0 Å². The van der Waals surface area contributed by atoms with Crippen LogP contribution in [-0.4, -0.2) is 37.0 Å². The first-order valence-corrected chi connectivity index (χ1v) is 9.41. The second kappa shape index (κ2) is 7.72. The molecule has 28 heavy (non-hydrogen) atoms. The monoisotopic (exact) mass is 378 g/mol. The van der Waals surface area contributed by atoms with Gasteiger partial charge in [-0.1, -0.05) is 18.2 Å². The highest BCUT2D eigenvalue weighted by Crippen LogP contribution is 2.28. The van der Waals surface area contributed by atoms with Crippen molar-refractivity contribution < 1.29 is 14.3 Å². The number of ether oxygens (including phenoxy) is 1. The third kappa shape index (κ3) is 3.69. The minimum Gasteiger partial charge on any atom is -0.494 e. The molecule has 1 atom stereocenters. The number of guanidine groups is 1. The van der Waals surface area contributed by atoms with E-state index in [9.17, 15) is 9.59 Å². The molecule has 0 saturated heterocycles. The summed E-state index contributed by atoms with van der Waals surface area (Å²) in [5.41, 5.74) is 2.95. The third-order valence-electron chi connectivity index (χ3n) is 4.79. The maximum atomic E-state index is 12.3. The quantitative estimate of drug-likeness (QED) is 0.837. The van der Waals surface area contributed by atoms with Crippen LogP contribution >= 0.6 is 0 Å². The van der Waals surface area contributed by atoms with Crippen LogP contribution in [0.15, 0.2) is 53.5 Å². The number of carbonyl (C=O) groups excluding carboxylic acids is 2. The van der Waals surface area contributed by atoms with Crippen molar-refractivity contribution in [1.82, 2.24) is 5.32 Å². The van der Waals surface area contributed by atoms with Crippen molar-refractivity contribution in [1.29, 1.82) is 0 Å². The molecule has 2 heterocycles. The number of fused-ring (bicyclic) bond motifs is 1. The number of rotatable bonds is 5. The van der Waals surface area contributed by atoms with Gasteiger partial charge in [0.05, 0.1) is 13.0 Å². The molecule has 2 N–H and O–H groups in total. The molecule has 0 radical (unpaired) electrons. The number of carbonyl (C=O) groups is 2. The molecule has 0 unspecified atom stereocenters. The molecule has 7 heteroatoms. The fourth-order valence-electron chi connectivity index (χ4n) is 3.45. The van der Waals surface area contributed by atoms with Gasteiger partial charge >= 0.3 is 0 Å². The Kier molecular flexibility index (Phi) is 4.97. The minimum atomic E-state index is -0.717. The molecule has 2 aliphatic rings. The van der Waals surface area contributed by atoms with Crippen LogP contribution in [0, 0.1) is 0 Å². The largest absolute Gasteiger partial charge is 0.494 e. The summed E-state index contributed by atoms with van der Waals surface area (Å²) in [6.07, 6.45) is 0.909. The standard InChI is InChI=1S/C21H22N4O3/c1-2-28-16-9-7-15(8-10-16)22-19(26)13-17-20(27)24-21(23-17)25-12-11-14-5-3-4-6-18(14)25/h3-10,17H,2,11-13H2,1H3,(H,22,26)(H,23,24,27)/t17-/m0/s1. The highest BCUT2D eigenvalue weighted by atomic mass is 16.5. The summed E-state index contributed by atoms with van der Waals surface area (Å²) in [6.45, 7) is 3.27. The maximum absolute atomic E-state index is 12.3. The van der Waals surface area contributed by atoms with E-state index in [4.69, 9.17) is 4.74 Å². The Morgan fingerprint density at radius 3 is 2.82 bits per heavy atom. The number of hydrogen-bond acceptors (Lipinski definition) is 5. The number of amides is 2. The van der Waals surface area contributed by atoms with E-state index in [-0.39, 0.29) is 18.2 Å². The van der Waals surface area contributed by atoms with E-state index in [2.05, 4.69) is 21.7 Å². The van der Waals surface area contributed by atoms with Gasteiger partial charge in [0.25, 0.3) is 5.91 Å². The highest BCUT2D eigenvalue weighted by Gasteiger charge is 2.33. The molecule has 2 aromatic rings. The minimum absolute atomic E-state index is 0.00195. The number of aliphatic imine (C=N–C) groups is 1. The summed E-state index contributed by atoms with van der Waals surface area (Å²) in [5, 5.41) is 5.62. The van der Waals surface area contributed by atoms with Crippen LogP contribution in [-0.2, 0) is 16.0 Å². The van der Waals surface area contributed by atoms with E-state index in [0.29, 0.717) is 18.3 Å². The van der Waals surface area contributed by atoms with Gasteiger partial charge in [-0.25, -0.2) is 4.99 Å². The summed E-state index contributed by atoms with van der Waals surface area (Å²) < 4.78 is 5.38. The van der Waals surface area contributed by atoms with Gasteiger partial charge in [-0.3, -0.25) is 14.9 Å². The first-order valence-electron chi connectivity index (χ1n) is 9.41. The normalized spacial score (nSPS) is 17.8. The lowest BCUT2D eigenvalue weighted by molar-refractivity contribution is -0.123. The number of para-hydroxylation sites is 1. The Bertz CT molecular complexity index is 924. The fraction of sp³-hybridized carbons (Fsp3) is 0.286. The molecule has 0 aromatic heterocycles. The van der Waals surface area contributed by atoms with E-state index >= 15 is 0 Å². The molecule has 0 saturated carbocycles. The molecule has 4 rings (SSSR count). The summed E-state index contributed by atoms with van der Waals surface area (Å²) in [4.78, 5) is 31.1. The number of nitrogens with zero attached hydrogens (tertiary/aromatic N) is 2. The smallest absolute Gasteiger partial charge is 0.252 e. The Hall–Kier alpha value is -3.35. The van der Waals surface area contributed by atoms with Crippen molar-refractivity contribution in [2.75, 3.05) is 23.4 Å². The second-order valence-corrected chi connectivity index (χ2v) is 6.70. The van der Waals surface area contributed by atoms with E-state index in [1.807, 2.05) is 30.0 Å². The Morgan fingerprint density at radius 2 is 2.04 bits per heavy atom. The lowest BCUT2D eigenvalue weighted by Gasteiger charge is -2.18. The van der Waals surface area contributed by atoms with Gasteiger partial charge in [-0.05, 0) is 49.2 Å². The molecule has 2 aliphatic heterocycles. The highest BCUT2D eigenvalue weighted by molar-refractivity contribution is 6.13. The van der Waals surface area contributed by atoms with Crippen molar-refractivity contribution in [2.45, 2.75) is 25.8 Å². The van der Waals surface area contributed by atoms with Crippen LogP contribution in [0.5, 0.6) is 5.75 Å². The van der Waals surface area contributed by atoms with E-state index < -0.39 is 6.04 Å². The van der Waals surface area contributed by atoms with E-state index in [0.717, 1.165) is 24.4 Å². The Labute approximate surface area is 163 Å². The molecule has 7 nitrogen and oxygen atoms in total. The van der Waals surface area contributed by atoms with Gasteiger partial charge < -0.3 is 15.0 Å². The third-order valence-corrected chi connectivity index (χ3v) is 4.79. The summed E-state index contributed by atoms with van der Waals surface area (Å²) in [7, 11) is 0. The molecule has 144 valence electrons. The second-order valence-electron chi connectivity index (χ2n) is 6.70. The summed E-state index contributed by atoms with van der Waals surface area (Å²) in [5.74, 6) is 0.766. The molecular weight excluding hydrogens is 356 g/mol. The molecule has 0 aliphatic carbocycles. The predicted octanol–water partition coefficient (Wildman–Crippen LogP) is 2.33. The summed E-state index contributed by atoms with van der Waals surface area (Å²) in [6, 6.07) is 14.5. The molecule has 0 bridgehead atoms. The zero-order chi connectivity index (χ0) is 19.5. The van der Waals surface area contributed by atoms with Crippen molar-refractivity contribution >= 4 is 29.1 Å². The number of nitrogens with one attached hydrogen (secondary N) is 2. The maximum Gasteiger partial charge on any atom is 0.252 e. The lowest BCUT2D eigenvalue weighted by atomic mass is 10.2. The zero-order valence-corrected chi connectivity index (χ0v) is 15.6. The van der Waals surface area contributed by atoms with Gasteiger partial charge in [-0.2, -0.15) is 0 Å². The van der Waals surface area contributed by atoms with Crippen molar-refractivity contribution in [3.05, 3.63) is 54.1 Å². The van der Waals surface area contributed by atoms with E-state index in [1.54, 1.807) is 24.3 Å². The fourth-order valence-corrected chi connectivity index (χ4v) is 3.45. The van der Waals surface area contributed by atoms with Gasteiger partial charge in [-0.15, -0.1) is 0 Å². The van der Waals surface area contributed by atoms with Crippen LogP contribution in [0.25, 0.3) is 0 Å². The van der Waals surface area contributed by atoms with Crippen molar-refractivity contribution in [2.24, 2.45) is 4.99 Å². The van der Waals surface area contributed by atoms with Crippen molar-refractivity contribution in [3.63, 3.8) is 0 Å². The van der Waals surface area contributed by atoms with Crippen LogP contribution in [0.2, 0.25) is 0 Å². The lowest BCUT2D eigenvalue weighted by Crippen LogP contribution is -2.40. The van der Waals surface area contributed by atoms with E-state index in [1.165, 1.54) is 5.56 Å². The number of benzene rings is 2.